The summed E-state index contributed by atoms with van der Waals surface area (Å²) in [5.41, 5.74) is 0.683. The molecule has 3 aromatic rings. The molecule has 0 saturated heterocycles. The first-order chi connectivity index (χ1) is 8.88. The number of fused-ring (bicyclic) bond motifs is 1. The molecule has 86 valence electrons. The lowest BCUT2D eigenvalue weighted by Gasteiger charge is -2.05. The van der Waals surface area contributed by atoms with Gasteiger partial charge in [-0.1, -0.05) is 24.3 Å². The van der Waals surface area contributed by atoms with E-state index in [-0.39, 0.29) is 0 Å². The molecule has 18 heavy (non-hydrogen) atoms. The average molecular weight is 252 g/mol. The summed E-state index contributed by atoms with van der Waals surface area (Å²) in [6, 6.07) is 13.8. The zero-order valence-electron chi connectivity index (χ0n) is 9.33. The number of oxazole rings is 1. The van der Waals surface area contributed by atoms with Gasteiger partial charge in [0.05, 0.1) is 17.8 Å². The summed E-state index contributed by atoms with van der Waals surface area (Å²) >= 11 is 1.46. The Kier molecular flexibility index (Phi) is 2.75. The largest absolute Gasteiger partial charge is 0.440 e. The smallest absolute Gasteiger partial charge is 0.260 e. The van der Waals surface area contributed by atoms with E-state index in [2.05, 4.69) is 11.1 Å². The number of nitrogens with zero attached hydrogens (tertiary/aromatic N) is 2. The predicted molar refractivity (Wildman–Crippen MR) is 69.3 cm³/mol. The van der Waals surface area contributed by atoms with Gasteiger partial charge >= 0.3 is 0 Å². The summed E-state index contributed by atoms with van der Waals surface area (Å²) in [5, 5.41) is 11.7. The van der Waals surface area contributed by atoms with Crippen LogP contribution in [0.2, 0.25) is 0 Å². The maximum atomic E-state index is 9.10. The van der Waals surface area contributed by atoms with Crippen molar-refractivity contribution in [2.75, 3.05) is 0 Å². The van der Waals surface area contributed by atoms with E-state index in [4.69, 9.17) is 9.68 Å². The number of benzene rings is 2. The monoisotopic (exact) mass is 252 g/mol. The van der Waals surface area contributed by atoms with Crippen molar-refractivity contribution < 1.29 is 4.42 Å². The third kappa shape index (κ3) is 1.85. The Morgan fingerprint density at radius 3 is 2.67 bits per heavy atom. The fraction of sp³-hybridized carbons (Fsp3) is 0. The molecule has 0 amide bonds. The molecule has 0 aliphatic carbocycles. The molecule has 3 rings (SSSR count). The minimum absolute atomic E-state index is 0.602. The van der Waals surface area contributed by atoms with Gasteiger partial charge in [-0.05, 0) is 29.3 Å². The van der Waals surface area contributed by atoms with Crippen LogP contribution >= 0.6 is 11.8 Å². The first-order valence-electron chi connectivity index (χ1n) is 5.37. The molecular formula is C14H8N2OS. The van der Waals surface area contributed by atoms with E-state index in [9.17, 15) is 0 Å². The third-order valence-corrected chi connectivity index (χ3v) is 3.56. The van der Waals surface area contributed by atoms with Gasteiger partial charge in [0.15, 0.2) is 0 Å². The SMILES string of the molecule is N#Cc1ccc(Sc2ncco2)c2ccccc12. The third-order valence-electron chi connectivity index (χ3n) is 2.61. The van der Waals surface area contributed by atoms with Gasteiger partial charge < -0.3 is 4.42 Å². The zero-order chi connectivity index (χ0) is 12.4. The summed E-state index contributed by atoms with van der Waals surface area (Å²) in [6.45, 7) is 0. The normalized spacial score (nSPS) is 10.4. The summed E-state index contributed by atoms with van der Waals surface area (Å²) in [4.78, 5) is 5.13. The molecule has 0 unspecified atom stereocenters. The molecule has 0 N–H and O–H groups in total. The second-order valence-corrected chi connectivity index (χ2v) is 4.66. The van der Waals surface area contributed by atoms with Crippen LogP contribution in [-0.2, 0) is 0 Å². The minimum atomic E-state index is 0.602. The van der Waals surface area contributed by atoms with Crippen molar-refractivity contribution in [2.24, 2.45) is 0 Å². The molecule has 1 aromatic heterocycles. The number of nitriles is 1. The average Bonchev–Trinajstić information content (AvgIpc) is 2.92. The first-order valence-corrected chi connectivity index (χ1v) is 6.19. The maximum Gasteiger partial charge on any atom is 0.260 e. The summed E-state index contributed by atoms with van der Waals surface area (Å²) < 4.78 is 5.23. The highest BCUT2D eigenvalue weighted by Gasteiger charge is 2.08. The number of rotatable bonds is 2. The fourth-order valence-corrected chi connectivity index (χ4v) is 2.64. The molecule has 1 heterocycles. The Balaban J connectivity index is 2.16. The molecule has 2 aromatic carbocycles. The van der Waals surface area contributed by atoms with E-state index in [1.54, 1.807) is 12.5 Å². The Morgan fingerprint density at radius 2 is 1.94 bits per heavy atom. The van der Waals surface area contributed by atoms with E-state index in [0.29, 0.717) is 10.8 Å². The standard InChI is InChI=1S/C14H8N2OS/c15-9-10-5-6-13(18-14-16-7-8-17-14)12-4-2-1-3-11(10)12/h1-8H. The maximum absolute atomic E-state index is 9.10. The van der Waals surface area contributed by atoms with Crippen LogP contribution in [0.3, 0.4) is 0 Å². The molecule has 0 aliphatic heterocycles. The van der Waals surface area contributed by atoms with Crippen molar-refractivity contribution in [1.29, 1.82) is 5.26 Å². The number of hydrogen-bond acceptors (Lipinski definition) is 4. The van der Waals surface area contributed by atoms with Crippen molar-refractivity contribution in [3.63, 3.8) is 0 Å². The van der Waals surface area contributed by atoms with E-state index in [1.165, 1.54) is 11.8 Å². The number of hydrogen-bond donors (Lipinski definition) is 0. The first kappa shape index (κ1) is 10.9. The van der Waals surface area contributed by atoms with Gasteiger partial charge in [-0.2, -0.15) is 5.26 Å². The minimum Gasteiger partial charge on any atom is -0.440 e. The molecule has 3 nitrogen and oxygen atoms in total. The highest BCUT2D eigenvalue weighted by Crippen LogP contribution is 2.33. The second kappa shape index (κ2) is 4.55. The Bertz CT molecular complexity index is 729. The van der Waals surface area contributed by atoms with E-state index in [0.717, 1.165) is 15.7 Å². The lowest BCUT2D eigenvalue weighted by atomic mass is 10.1. The molecule has 0 spiro atoms. The highest BCUT2D eigenvalue weighted by molar-refractivity contribution is 7.99. The lowest BCUT2D eigenvalue weighted by Crippen LogP contribution is -1.83. The molecule has 0 saturated carbocycles. The Labute approximate surface area is 108 Å². The zero-order valence-corrected chi connectivity index (χ0v) is 10.1. The van der Waals surface area contributed by atoms with E-state index < -0.39 is 0 Å². The van der Waals surface area contributed by atoms with Crippen molar-refractivity contribution in [3.8, 4) is 6.07 Å². The summed E-state index contributed by atoms with van der Waals surface area (Å²) in [6.07, 6.45) is 3.17. The quantitative estimate of drug-likeness (QED) is 0.695. The Morgan fingerprint density at radius 1 is 1.11 bits per heavy atom. The number of aromatic nitrogens is 1. The van der Waals surface area contributed by atoms with Crippen LogP contribution in [0.25, 0.3) is 10.8 Å². The molecule has 0 aliphatic rings. The van der Waals surface area contributed by atoms with Crippen molar-refractivity contribution >= 4 is 22.5 Å². The van der Waals surface area contributed by atoms with Crippen LogP contribution in [0, 0.1) is 11.3 Å². The van der Waals surface area contributed by atoms with Gasteiger partial charge in [0.2, 0.25) is 0 Å². The van der Waals surface area contributed by atoms with Crippen LogP contribution in [0.4, 0.5) is 0 Å². The van der Waals surface area contributed by atoms with Crippen LogP contribution in [-0.4, -0.2) is 4.98 Å². The van der Waals surface area contributed by atoms with Crippen LogP contribution in [0.15, 0.2) is 63.4 Å². The van der Waals surface area contributed by atoms with Gasteiger partial charge in [0.1, 0.15) is 6.26 Å². The fourth-order valence-electron chi connectivity index (χ4n) is 1.81. The molecule has 0 fully saturated rings. The van der Waals surface area contributed by atoms with Gasteiger partial charge in [-0.3, -0.25) is 0 Å². The summed E-state index contributed by atoms with van der Waals surface area (Å²) in [5.74, 6) is 0. The molecule has 0 bridgehead atoms. The van der Waals surface area contributed by atoms with Crippen LogP contribution in [0.5, 0.6) is 0 Å². The van der Waals surface area contributed by atoms with Gasteiger partial charge in [0, 0.05) is 10.3 Å². The highest BCUT2D eigenvalue weighted by atomic mass is 32.2. The van der Waals surface area contributed by atoms with Crippen LogP contribution < -0.4 is 0 Å². The van der Waals surface area contributed by atoms with Crippen molar-refractivity contribution in [2.45, 2.75) is 10.1 Å². The molecule has 0 radical (unpaired) electrons. The summed E-state index contributed by atoms with van der Waals surface area (Å²) in [7, 11) is 0. The van der Waals surface area contributed by atoms with Gasteiger partial charge in [-0.25, -0.2) is 4.98 Å². The van der Waals surface area contributed by atoms with Gasteiger partial charge in [0.25, 0.3) is 5.22 Å². The Hall–Kier alpha value is -2.25. The second-order valence-electron chi connectivity index (χ2n) is 3.67. The lowest BCUT2D eigenvalue weighted by molar-refractivity contribution is 0.454. The van der Waals surface area contributed by atoms with Crippen LogP contribution in [0.1, 0.15) is 5.56 Å². The predicted octanol–water partition coefficient (Wildman–Crippen LogP) is 3.85. The van der Waals surface area contributed by atoms with E-state index >= 15 is 0 Å². The van der Waals surface area contributed by atoms with Crippen molar-refractivity contribution in [1.82, 2.24) is 4.98 Å². The molecule has 0 atom stereocenters. The van der Waals surface area contributed by atoms with Gasteiger partial charge in [-0.15, -0.1) is 0 Å². The van der Waals surface area contributed by atoms with Crippen molar-refractivity contribution in [3.05, 3.63) is 54.4 Å². The molecular weight excluding hydrogens is 244 g/mol. The molecule has 4 heteroatoms. The topological polar surface area (TPSA) is 49.8 Å². The van der Waals surface area contributed by atoms with E-state index in [1.807, 2.05) is 36.4 Å².